The number of imide groups is 1. The number of benzene rings is 1. The molecule has 3 amide bonds. The number of aromatic nitrogens is 2. The summed E-state index contributed by atoms with van der Waals surface area (Å²) < 4.78 is 5.38. The van der Waals surface area contributed by atoms with Crippen molar-refractivity contribution in [3.8, 4) is 11.4 Å². The molecule has 1 aromatic heterocycles. The third kappa shape index (κ3) is 2.90. The second kappa shape index (κ2) is 5.98. The predicted octanol–water partition coefficient (Wildman–Crippen LogP) is 2.52. The van der Waals surface area contributed by atoms with Crippen molar-refractivity contribution in [2.45, 2.75) is 44.6 Å². The van der Waals surface area contributed by atoms with Gasteiger partial charge in [0.25, 0.3) is 5.91 Å². The van der Waals surface area contributed by atoms with E-state index >= 15 is 0 Å². The van der Waals surface area contributed by atoms with Crippen LogP contribution in [0.2, 0.25) is 0 Å². The summed E-state index contributed by atoms with van der Waals surface area (Å²) in [6.45, 7) is 1.68. The van der Waals surface area contributed by atoms with Gasteiger partial charge in [0.05, 0.1) is 0 Å². The highest BCUT2D eigenvalue weighted by Crippen LogP contribution is 2.29. The van der Waals surface area contributed by atoms with Crippen molar-refractivity contribution in [2.24, 2.45) is 5.92 Å². The molecule has 7 heteroatoms. The number of hydrogen-bond donors (Lipinski definition) is 2. The summed E-state index contributed by atoms with van der Waals surface area (Å²) in [6.07, 6.45) is 5.89. The molecule has 0 spiro atoms. The molecule has 2 aromatic rings. The van der Waals surface area contributed by atoms with Crippen molar-refractivity contribution in [1.29, 1.82) is 0 Å². The summed E-state index contributed by atoms with van der Waals surface area (Å²) in [7, 11) is 0. The van der Waals surface area contributed by atoms with E-state index < -0.39 is 11.6 Å². The first-order valence-electron chi connectivity index (χ1n) is 8.62. The number of hydrogen-bond acceptors (Lipinski definition) is 5. The quantitative estimate of drug-likeness (QED) is 0.834. The third-order valence-electron chi connectivity index (χ3n) is 5.17. The van der Waals surface area contributed by atoms with Crippen molar-refractivity contribution in [2.75, 3.05) is 0 Å². The number of nitrogens with one attached hydrogen (secondary N) is 2. The SMILES string of the molecule is CC1(c2ccc(-c3noc(CC4CCCC4)n3)cc2)NC(=O)NC1=O. The predicted molar refractivity (Wildman–Crippen MR) is 89.4 cm³/mol. The van der Waals surface area contributed by atoms with Gasteiger partial charge in [-0.2, -0.15) is 4.98 Å². The molecular weight excluding hydrogens is 320 g/mol. The molecule has 2 fully saturated rings. The van der Waals surface area contributed by atoms with Crippen molar-refractivity contribution in [3.05, 3.63) is 35.7 Å². The van der Waals surface area contributed by atoms with Gasteiger partial charge in [-0.25, -0.2) is 4.79 Å². The Kier molecular flexibility index (Phi) is 3.78. The smallest absolute Gasteiger partial charge is 0.322 e. The van der Waals surface area contributed by atoms with E-state index in [1.165, 1.54) is 25.7 Å². The van der Waals surface area contributed by atoms with Gasteiger partial charge < -0.3 is 9.84 Å². The van der Waals surface area contributed by atoms with Crippen LogP contribution in [0.3, 0.4) is 0 Å². The van der Waals surface area contributed by atoms with Gasteiger partial charge in [0.15, 0.2) is 0 Å². The number of rotatable bonds is 4. The minimum absolute atomic E-state index is 0.358. The van der Waals surface area contributed by atoms with Crippen LogP contribution >= 0.6 is 0 Å². The number of nitrogens with zero attached hydrogens (tertiary/aromatic N) is 2. The second-order valence-corrected chi connectivity index (χ2v) is 6.98. The average Bonchev–Trinajstić information content (AvgIpc) is 3.31. The lowest BCUT2D eigenvalue weighted by Gasteiger charge is -2.20. The molecule has 25 heavy (non-hydrogen) atoms. The first-order valence-corrected chi connectivity index (χ1v) is 8.62. The van der Waals surface area contributed by atoms with Gasteiger partial charge in [-0.3, -0.25) is 10.1 Å². The molecule has 1 unspecified atom stereocenters. The van der Waals surface area contributed by atoms with Crippen molar-refractivity contribution >= 4 is 11.9 Å². The summed E-state index contributed by atoms with van der Waals surface area (Å²) >= 11 is 0. The van der Waals surface area contributed by atoms with Crippen molar-refractivity contribution in [3.63, 3.8) is 0 Å². The van der Waals surface area contributed by atoms with E-state index in [1.54, 1.807) is 19.1 Å². The Hall–Kier alpha value is -2.70. The molecule has 4 rings (SSSR count). The van der Waals surface area contributed by atoms with Crippen molar-refractivity contribution in [1.82, 2.24) is 20.8 Å². The summed E-state index contributed by atoms with van der Waals surface area (Å²) in [5, 5.41) is 8.98. The molecular formula is C18H20N4O3. The molecule has 7 nitrogen and oxygen atoms in total. The van der Waals surface area contributed by atoms with E-state index in [0.29, 0.717) is 23.2 Å². The molecule has 1 saturated heterocycles. The van der Waals surface area contributed by atoms with Crippen LogP contribution in [-0.2, 0) is 16.8 Å². The standard InChI is InChI=1S/C18H20N4O3/c1-18(16(23)20-17(24)21-18)13-8-6-12(7-9-13)15-19-14(25-22-15)10-11-4-2-3-5-11/h6-9,11H,2-5,10H2,1H3,(H2,20,21,23,24). The molecule has 0 radical (unpaired) electrons. The summed E-state index contributed by atoms with van der Waals surface area (Å²) in [5.74, 6) is 1.52. The van der Waals surface area contributed by atoms with Crippen LogP contribution in [0.1, 0.15) is 44.1 Å². The van der Waals surface area contributed by atoms with Crippen LogP contribution in [0.25, 0.3) is 11.4 Å². The normalized spacial score (nSPS) is 23.7. The highest BCUT2D eigenvalue weighted by Gasteiger charge is 2.43. The molecule has 1 aromatic carbocycles. The molecule has 2 aliphatic rings. The van der Waals surface area contributed by atoms with Crippen LogP contribution in [0, 0.1) is 5.92 Å². The maximum absolute atomic E-state index is 12.0. The number of carbonyl (C=O) groups is 2. The Morgan fingerprint density at radius 3 is 2.56 bits per heavy atom. The fraction of sp³-hybridized carbons (Fsp3) is 0.444. The number of amides is 3. The van der Waals surface area contributed by atoms with E-state index in [4.69, 9.17) is 4.52 Å². The molecule has 1 aliphatic heterocycles. The van der Waals surface area contributed by atoms with Gasteiger partial charge in [-0.1, -0.05) is 42.3 Å². The molecule has 0 bridgehead atoms. The fourth-order valence-electron chi connectivity index (χ4n) is 3.62. The third-order valence-corrected chi connectivity index (χ3v) is 5.17. The lowest BCUT2D eigenvalue weighted by molar-refractivity contribution is -0.123. The zero-order valence-electron chi connectivity index (χ0n) is 14.0. The van der Waals surface area contributed by atoms with E-state index in [0.717, 1.165) is 12.0 Å². The van der Waals surface area contributed by atoms with Gasteiger partial charge >= 0.3 is 6.03 Å². The van der Waals surface area contributed by atoms with E-state index in [2.05, 4.69) is 20.8 Å². The average molecular weight is 340 g/mol. The Balaban J connectivity index is 1.51. The van der Waals surface area contributed by atoms with E-state index in [1.807, 2.05) is 12.1 Å². The van der Waals surface area contributed by atoms with Gasteiger partial charge in [0, 0.05) is 12.0 Å². The summed E-state index contributed by atoms with van der Waals surface area (Å²) in [5.41, 5.74) is 0.466. The second-order valence-electron chi connectivity index (χ2n) is 6.98. The Labute approximate surface area is 145 Å². The highest BCUT2D eigenvalue weighted by atomic mass is 16.5. The monoisotopic (exact) mass is 340 g/mol. The van der Waals surface area contributed by atoms with Crippen molar-refractivity contribution < 1.29 is 14.1 Å². The highest BCUT2D eigenvalue weighted by molar-refractivity contribution is 6.07. The van der Waals surface area contributed by atoms with Gasteiger partial charge in [-0.15, -0.1) is 0 Å². The van der Waals surface area contributed by atoms with Crippen LogP contribution in [0.15, 0.2) is 28.8 Å². The maximum atomic E-state index is 12.0. The van der Waals surface area contributed by atoms with Crippen LogP contribution in [0.4, 0.5) is 4.79 Å². The summed E-state index contributed by atoms with van der Waals surface area (Å²) in [4.78, 5) is 27.9. The van der Waals surface area contributed by atoms with Gasteiger partial charge in [-0.05, 0) is 31.2 Å². The lowest BCUT2D eigenvalue weighted by atomic mass is 9.91. The Morgan fingerprint density at radius 1 is 1.20 bits per heavy atom. The first kappa shape index (κ1) is 15.8. The van der Waals surface area contributed by atoms with E-state index in [-0.39, 0.29) is 5.91 Å². The zero-order valence-corrected chi connectivity index (χ0v) is 14.0. The van der Waals surface area contributed by atoms with Crippen LogP contribution in [0.5, 0.6) is 0 Å². The van der Waals surface area contributed by atoms with E-state index in [9.17, 15) is 9.59 Å². The molecule has 2 N–H and O–H groups in total. The van der Waals surface area contributed by atoms with Gasteiger partial charge in [0.2, 0.25) is 11.7 Å². The minimum Gasteiger partial charge on any atom is -0.339 e. The molecule has 1 atom stereocenters. The summed E-state index contributed by atoms with van der Waals surface area (Å²) in [6, 6.07) is 6.79. The number of carbonyl (C=O) groups excluding carboxylic acids is 2. The molecule has 1 saturated carbocycles. The fourth-order valence-corrected chi connectivity index (χ4v) is 3.62. The molecule has 130 valence electrons. The molecule has 1 aliphatic carbocycles. The van der Waals surface area contributed by atoms with Crippen LogP contribution in [-0.4, -0.2) is 22.1 Å². The lowest BCUT2D eigenvalue weighted by Crippen LogP contribution is -2.40. The largest absolute Gasteiger partial charge is 0.339 e. The Bertz CT molecular complexity index is 808. The maximum Gasteiger partial charge on any atom is 0.322 e. The molecule has 2 heterocycles. The zero-order chi connectivity index (χ0) is 17.4. The van der Waals surface area contributed by atoms with Gasteiger partial charge in [0.1, 0.15) is 5.54 Å². The Morgan fingerprint density at radius 2 is 1.92 bits per heavy atom. The minimum atomic E-state index is -1.06. The first-order chi connectivity index (χ1) is 12.0. The topological polar surface area (TPSA) is 97.1 Å². The van der Waals surface area contributed by atoms with Crippen LogP contribution < -0.4 is 10.6 Å². The number of urea groups is 1.